The van der Waals surface area contributed by atoms with E-state index in [1.807, 2.05) is 0 Å². The number of hydrogen-bond donors (Lipinski definition) is 3. The van der Waals surface area contributed by atoms with Gasteiger partial charge >= 0.3 is 0 Å². The number of ether oxygens (including phenoxy) is 1. The van der Waals surface area contributed by atoms with E-state index in [1.165, 1.54) is 0 Å². The normalized spacial score (nSPS) is 10.1. The second kappa shape index (κ2) is 8.55. The summed E-state index contributed by atoms with van der Waals surface area (Å²) in [5, 5.41) is 5.34. The molecule has 4 N–H and O–H groups in total. The van der Waals surface area contributed by atoms with Crippen molar-refractivity contribution in [2.45, 2.75) is 6.42 Å². The Morgan fingerprint density at radius 2 is 2.00 bits per heavy atom. The highest BCUT2D eigenvalue weighted by Gasteiger charge is 2.08. The molecule has 0 unspecified atom stereocenters. The van der Waals surface area contributed by atoms with E-state index in [-0.39, 0.29) is 24.8 Å². The fourth-order valence-corrected chi connectivity index (χ4v) is 2.03. The number of nitrogen functional groups attached to an aromatic ring is 1. The lowest BCUT2D eigenvalue weighted by atomic mass is 10.2. The van der Waals surface area contributed by atoms with E-state index in [0.29, 0.717) is 24.4 Å². The smallest absolute Gasteiger partial charge is 0.251 e. The molecule has 0 radical (unpaired) electrons. The Bertz CT molecular complexity index is 460. The first-order valence-electron chi connectivity index (χ1n) is 6.13. The Kier molecular flexibility index (Phi) is 7.03. The summed E-state index contributed by atoms with van der Waals surface area (Å²) in [6.45, 7) is 1.20. The molecule has 0 bridgehead atoms. The summed E-state index contributed by atoms with van der Waals surface area (Å²) >= 11 is 3.27. The number of benzene rings is 1. The highest BCUT2D eigenvalue weighted by molar-refractivity contribution is 9.10. The first-order valence-corrected chi connectivity index (χ1v) is 6.92. The van der Waals surface area contributed by atoms with E-state index in [9.17, 15) is 9.59 Å². The molecular weight excluding hydrogens is 326 g/mol. The number of halogens is 1. The van der Waals surface area contributed by atoms with Gasteiger partial charge in [0.1, 0.15) is 0 Å². The van der Waals surface area contributed by atoms with Crippen LogP contribution in [0, 0.1) is 0 Å². The molecule has 0 saturated heterocycles. The minimum absolute atomic E-state index is 0.129. The Morgan fingerprint density at radius 1 is 1.25 bits per heavy atom. The number of anilines is 1. The van der Waals surface area contributed by atoms with Crippen molar-refractivity contribution in [1.82, 2.24) is 10.6 Å². The standard InChI is InChI=1S/C13H18BrN3O3/c1-20-5-4-16-12(18)2-3-17-13(19)9-6-10(14)8-11(15)7-9/h6-8H,2-5,15H2,1H3,(H,16,18)(H,17,19). The van der Waals surface area contributed by atoms with Crippen LogP contribution in [0.25, 0.3) is 0 Å². The number of amides is 2. The van der Waals surface area contributed by atoms with E-state index < -0.39 is 0 Å². The number of carbonyl (C=O) groups excluding carboxylic acids is 2. The van der Waals surface area contributed by atoms with Crippen molar-refractivity contribution in [3.8, 4) is 0 Å². The number of nitrogens with one attached hydrogen (secondary N) is 2. The molecule has 1 rings (SSSR count). The van der Waals surface area contributed by atoms with Crippen LogP contribution in [0.15, 0.2) is 22.7 Å². The zero-order valence-corrected chi connectivity index (χ0v) is 12.8. The van der Waals surface area contributed by atoms with Crippen LogP contribution in [0.3, 0.4) is 0 Å². The number of nitrogens with two attached hydrogens (primary N) is 1. The minimum atomic E-state index is -0.261. The van der Waals surface area contributed by atoms with Gasteiger partial charge in [-0.2, -0.15) is 0 Å². The maximum absolute atomic E-state index is 11.9. The van der Waals surface area contributed by atoms with Crippen LogP contribution in [-0.4, -0.2) is 38.6 Å². The minimum Gasteiger partial charge on any atom is -0.399 e. The predicted molar refractivity (Wildman–Crippen MR) is 80.4 cm³/mol. The molecule has 0 spiro atoms. The highest BCUT2D eigenvalue weighted by atomic mass is 79.9. The van der Waals surface area contributed by atoms with Crippen LogP contribution in [-0.2, 0) is 9.53 Å². The molecule has 7 heteroatoms. The van der Waals surface area contributed by atoms with Crippen molar-refractivity contribution in [2.75, 3.05) is 32.5 Å². The van der Waals surface area contributed by atoms with Crippen LogP contribution in [0.1, 0.15) is 16.8 Å². The predicted octanol–water partition coefficient (Wildman–Crippen LogP) is 0.914. The van der Waals surface area contributed by atoms with E-state index in [0.717, 1.165) is 4.47 Å². The van der Waals surface area contributed by atoms with Gasteiger partial charge in [0.25, 0.3) is 5.91 Å². The monoisotopic (exact) mass is 343 g/mol. The van der Waals surface area contributed by atoms with Crippen molar-refractivity contribution in [3.63, 3.8) is 0 Å². The van der Waals surface area contributed by atoms with E-state index in [1.54, 1.807) is 25.3 Å². The molecule has 0 aliphatic carbocycles. The number of hydrogen-bond acceptors (Lipinski definition) is 4. The first kappa shape index (κ1) is 16.5. The third-order valence-corrected chi connectivity index (χ3v) is 2.91. The molecule has 0 fully saturated rings. The molecule has 6 nitrogen and oxygen atoms in total. The number of methoxy groups -OCH3 is 1. The van der Waals surface area contributed by atoms with Gasteiger partial charge in [-0.05, 0) is 18.2 Å². The summed E-state index contributed by atoms with van der Waals surface area (Å²) in [6, 6.07) is 4.96. The summed E-state index contributed by atoms with van der Waals surface area (Å²) in [5.41, 5.74) is 6.61. The fourth-order valence-electron chi connectivity index (χ4n) is 1.52. The summed E-state index contributed by atoms with van der Waals surface area (Å²) in [4.78, 5) is 23.3. The largest absolute Gasteiger partial charge is 0.399 e. The fraction of sp³-hybridized carbons (Fsp3) is 0.385. The molecular formula is C13H18BrN3O3. The Balaban J connectivity index is 2.34. The number of rotatable bonds is 7. The molecule has 1 aromatic carbocycles. The van der Waals surface area contributed by atoms with Gasteiger partial charge in [-0.25, -0.2) is 0 Å². The van der Waals surface area contributed by atoms with Crippen molar-refractivity contribution in [3.05, 3.63) is 28.2 Å². The quantitative estimate of drug-likeness (QED) is 0.506. The summed E-state index contributed by atoms with van der Waals surface area (Å²) < 4.78 is 5.55. The van der Waals surface area contributed by atoms with Gasteiger partial charge < -0.3 is 21.1 Å². The van der Waals surface area contributed by atoms with E-state index >= 15 is 0 Å². The lowest BCUT2D eigenvalue weighted by Gasteiger charge is -2.07. The van der Waals surface area contributed by atoms with E-state index in [2.05, 4.69) is 26.6 Å². The van der Waals surface area contributed by atoms with Gasteiger partial charge in [-0.15, -0.1) is 0 Å². The Morgan fingerprint density at radius 3 is 2.65 bits per heavy atom. The molecule has 0 atom stereocenters. The lowest BCUT2D eigenvalue weighted by molar-refractivity contribution is -0.121. The maximum Gasteiger partial charge on any atom is 0.251 e. The van der Waals surface area contributed by atoms with Crippen molar-refractivity contribution in [1.29, 1.82) is 0 Å². The molecule has 2 amide bonds. The van der Waals surface area contributed by atoms with Gasteiger partial charge in [0.2, 0.25) is 5.91 Å². The molecule has 110 valence electrons. The third kappa shape index (κ3) is 6.03. The van der Waals surface area contributed by atoms with Gasteiger partial charge in [0.05, 0.1) is 6.61 Å². The summed E-state index contributed by atoms with van der Waals surface area (Å²) in [7, 11) is 1.57. The average molecular weight is 344 g/mol. The summed E-state index contributed by atoms with van der Waals surface area (Å²) in [6.07, 6.45) is 0.221. The third-order valence-electron chi connectivity index (χ3n) is 2.45. The zero-order chi connectivity index (χ0) is 15.0. The molecule has 0 aliphatic rings. The Labute approximate surface area is 126 Å². The first-order chi connectivity index (χ1) is 9.52. The molecule has 0 aromatic heterocycles. The van der Waals surface area contributed by atoms with Crippen LogP contribution in [0.2, 0.25) is 0 Å². The maximum atomic E-state index is 11.9. The topological polar surface area (TPSA) is 93.5 Å². The van der Waals surface area contributed by atoms with Crippen LogP contribution in [0.5, 0.6) is 0 Å². The van der Waals surface area contributed by atoms with Crippen LogP contribution >= 0.6 is 15.9 Å². The van der Waals surface area contributed by atoms with E-state index in [4.69, 9.17) is 10.5 Å². The van der Waals surface area contributed by atoms with Gasteiger partial charge in [0, 0.05) is 42.3 Å². The number of carbonyl (C=O) groups is 2. The second-order valence-electron chi connectivity index (χ2n) is 4.12. The molecule has 0 aliphatic heterocycles. The van der Waals surface area contributed by atoms with Gasteiger partial charge in [-0.3, -0.25) is 9.59 Å². The van der Waals surface area contributed by atoms with Crippen molar-refractivity contribution < 1.29 is 14.3 Å². The molecule has 0 heterocycles. The van der Waals surface area contributed by atoms with Crippen LogP contribution < -0.4 is 16.4 Å². The van der Waals surface area contributed by atoms with Crippen LogP contribution in [0.4, 0.5) is 5.69 Å². The van der Waals surface area contributed by atoms with Crippen molar-refractivity contribution in [2.24, 2.45) is 0 Å². The lowest BCUT2D eigenvalue weighted by Crippen LogP contribution is -2.32. The molecule has 20 heavy (non-hydrogen) atoms. The summed E-state index contributed by atoms with van der Waals surface area (Å²) in [5.74, 6) is -0.390. The molecule has 0 saturated carbocycles. The second-order valence-corrected chi connectivity index (χ2v) is 5.04. The van der Waals surface area contributed by atoms with Crippen molar-refractivity contribution >= 4 is 33.4 Å². The van der Waals surface area contributed by atoms with Gasteiger partial charge in [-0.1, -0.05) is 15.9 Å². The average Bonchev–Trinajstić information content (AvgIpc) is 2.37. The zero-order valence-electron chi connectivity index (χ0n) is 11.2. The SMILES string of the molecule is COCCNC(=O)CCNC(=O)c1cc(N)cc(Br)c1. The molecule has 1 aromatic rings. The Hall–Kier alpha value is -1.60. The highest BCUT2D eigenvalue weighted by Crippen LogP contribution is 2.17. The van der Waals surface area contributed by atoms with Gasteiger partial charge in [0.15, 0.2) is 0 Å².